The number of nitrogens with two attached hydrogens (primary N) is 1. The number of hydrogen-bond donors (Lipinski definition) is 2. The number of fused-ring (bicyclic) bond motifs is 1. The van der Waals surface area contributed by atoms with Crippen LogP contribution in [0.4, 0.5) is 17.1 Å². The van der Waals surface area contributed by atoms with Crippen molar-refractivity contribution in [3.05, 3.63) is 54.3 Å². The minimum Gasteiger partial charge on any atom is -0.462 e. The van der Waals surface area contributed by atoms with Gasteiger partial charge in [-0.05, 0) is 36.8 Å². The van der Waals surface area contributed by atoms with E-state index in [0.717, 1.165) is 33.6 Å². The average Bonchev–Trinajstić information content (AvgIpc) is 2.76. The van der Waals surface area contributed by atoms with Gasteiger partial charge < -0.3 is 15.5 Å². The lowest BCUT2D eigenvalue weighted by Gasteiger charge is -2.08. The number of nitrogens with one attached hydrogen (secondary N) is 1. The van der Waals surface area contributed by atoms with Crippen molar-refractivity contribution in [2.24, 2.45) is 0 Å². The maximum absolute atomic E-state index is 5.99. The molecule has 18 heavy (non-hydrogen) atoms. The molecule has 3 N–H and O–H groups in total. The van der Waals surface area contributed by atoms with E-state index in [9.17, 15) is 0 Å². The third-order valence-corrected chi connectivity index (χ3v) is 2.96. The smallest absolute Gasteiger partial charge is 0.136 e. The van der Waals surface area contributed by atoms with E-state index in [4.69, 9.17) is 10.2 Å². The summed E-state index contributed by atoms with van der Waals surface area (Å²) < 4.78 is 5.48. The molecule has 3 nitrogen and oxygen atoms in total. The topological polar surface area (TPSA) is 51.2 Å². The van der Waals surface area contributed by atoms with Gasteiger partial charge in [0, 0.05) is 5.39 Å². The van der Waals surface area contributed by atoms with Crippen LogP contribution in [0.15, 0.2) is 53.1 Å². The van der Waals surface area contributed by atoms with E-state index < -0.39 is 0 Å². The van der Waals surface area contributed by atoms with Gasteiger partial charge in [0.15, 0.2) is 0 Å². The summed E-state index contributed by atoms with van der Waals surface area (Å²) in [5.74, 6) is 0. The van der Waals surface area contributed by atoms with Gasteiger partial charge in [-0.2, -0.15) is 0 Å². The lowest BCUT2D eigenvalue weighted by atomic mass is 10.2. The second-order valence-corrected chi connectivity index (χ2v) is 4.36. The zero-order valence-electron chi connectivity index (χ0n) is 10.1. The van der Waals surface area contributed by atoms with Gasteiger partial charge in [0.1, 0.15) is 11.8 Å². The number of benzene rings is 2. The fraction of sp³-hybridized carbons (Fsp3) is 0.0667. The molecule has 0 saturated heterocycles. The van der Waals surface area contributed by atoms with Crippen LogP contribution in [0.2, 0.25) is 0 Å². The Hall–Kier alpha value is -2.42. The first kappa shape index (κ1) is 10.7. The van der Waals surface area contributed by atoms with Gasteiger partial charge in [-0.1, -0.05) is 18.2 Å². The molecule has 0 aliphatic heterocycles. The van der Waals surface area contributed by atoms with Gasteiger partial charge >= 0.3 is 0 Å². The van der Waals surface area contributed by atoms with Gasteiger partial charge in [0.05, 0.1) is 17.1 Å². The Labute approximate surface area is 105 Å². The molecule has 0 radical (unpaired) electrons. The average molecular weight is 238 g/mol. The molecule has 0 amide bonds. The minimum absolute atomic E-state index is 0.736. The van der Waals surface area contributed by atoms with Crippen LogP contribution in [0.3, 0.4) is 0 Å². The molecule has 0 atom stereocenters. The highest BCUT2D eigenvalue weighted by molar-refractivity contribution is 5.93. The van der Waals surface area contributed by atoms with Gasteiger partial charge in [-0.25, -0.2) is 0 Å². The third-order valence-electron chi connectivity index (χ3n) is 2.96. The zero-order chi connectivity index (χ0) is 12.5. The normalized spacial score (nSPS) is 10.7. The first-order valence-corrected chi connectivity index (χ1v) is 5.83. The molecule has 0 aliphatic rings. The number of anilines is 3. The van der Waals surface area contributed by atoms with Crippen molar-refractivity contribution < 1.29 is 4.42 Å². The summed E-state index contributed by atoms with van der Waals surface area (Å²) in [4.78, 5) is 0. The Balaban J connectivity index is 2.01. The molecule has 3 aromatic rings. The van der Waals surface area contributed by atoms with Crippen LogP contribution in [-0.2, 0) is 0 Å². The summed E-state index contributed by atoms with van der Waals surface area (Å²) in [5.41, 5.74) is 10.6. The van der Waals surface area contributed by atoms with Gasteiger partial charge in [0.25, 0.3) is 0 Å². The first-order valence-electron chi connectivity index (χ1n) is 5.83. The highest BCUT2D eigenvalue weighted by Gasteiger charge is 2.06. The van der Waals surface area contributed by atoms with E-state index in [1.165, 1.54) is 0 Å². The Bertz CT molecular complexity index is 701. The molecule has 0 aliphatic carbocycles. The molecule has 0 unspecified atom stereocenters. The predicted octanol–water partition coefficient (Wildman–Crippen LogP) is 4.07. The van der Waals surface area contributed by atoms with E-state index in [2.05, 4.69) is 5.32 Å². The summed E-state index contributed by atoms with van der Waals surface area (Å²) in [6.45, 7) is 2.02. The molecular weight excluding hydrogens is 224 g/mol. The van der Waals surface area contributed by atoms with Crippen LogP contribution in [-0.4, -0.2) is 0 Å². The molecule has 0 saturated carbocycles. The van der Waals surface area contributed by atoms with Crippen LogP contribution in [0.1, 0.15) is 5.56 Å². The summed E-state index contributed by atoms with van der Waals surface area (Å²) in [6.07, 6.45) is 1.71. The van der Waals surface area contributed by atoms with E-state index in [1.54, 1.807) is 6.26 Å². The Morgan fingerprint density at radius 1 is 1.06 bits per heavy atom. The minimum atomic E-state index is 0.736. The molecule has 2 aromatic carbocycles. The Morgan fingerprint density at radius 2 is 1.89 bits per heavy atom. The third kappa shape index (κ3) is 1.80. The summed E-state index contributed by atoms with van der Waals surface area (Å²) in [5, 5.41) is 4.36. The van der Waals surface area contributed by atoms with Gasteiger partial charge in [-0.3, -0.25) is 0 Å². The lowest BCUT2D eigenvalue weighted by molar-refractivity contribution is 0.617. The number of aryl methyl sites for hydroxylation is 1. The second-order valence-electron chi connectivity index (χ2n) is 4.36. The molecule has 1 heterocycles. The molecule has 3 heteroatoms. The molecule has 0 fully saturated rings. The second kappa shape index (κ2) is 4.11. The standard InChI is InChI=1S/C15H14N2O/c1-10-6-7-13(12(16)8-10)17-14-9-18-15-5-3-2-4-11(14)15/h2-9,17H,16H2,1H3. The number of hydrogen-bond acceptors (Lipinski definition) is 3. The quantitative estimate of drug-likeness (QED) is 0.662. The molecule has 0 spiro atoms. The highest BCUT2D eigenvalue weighted by Crippen LogP contribution is 2.30. The van der Waals surface area contributed by atoms with Crippen molar-refractivity contribution >= 4 is 28.0 Å². The maximum atomic E-state index is 5.99. The van der Waals surface area contributed by atoms with E-state index in [0.29, 0.717) is 0 Å². The van der Waals surface area contributed by atoms with Crippen LogP contribution in [0.5, 0.6) is 0 Å². The van der Waals surface area contributed by atoms with E-state index >= 15 is 0 Å². The van der Waals surface area contributed by atoms with Crippen LogP contribution in [0, 0.1) is 6.92 Å². The number of rotatable bonds is 2. The number of nitrogen functional groups attached to an aromatic ring is 1. The summed E-state index contributed by atoms with van der Waals surface area (Å²) in [7, 11) is 0. The molecule has 0 bridgehead atoms. The number of para-hydroxylation sites is 1. The van der Waals surface area contributed by atoms with Gasteiger partial charge in [0.2, 0.25) is 0 Å². The largest absolute Gasteiger partial charge is 0.462 e. The van der Waals surface area contributed by atoms with Crippen molar-refractivity contribution in [1.29, 1.82) is 0 Å². The molecular formula is C15H14N2O. The van der Waals surface area contributed by atoms with Crippen molar-refractivity contribution in [1.82, 2.24) is 0 Å². The fourth-order valence-electron chi connectivity index (χ4n) is 2.02. The van der Waals surface area contributed by atoms with Crippen molar-refractivity contribution in [3.8, 4) is 0 Å². The molecule has 1 aromatic heterocycles. The van der Waals surface area contributed by atoms with Crippen LogP contribution >= 0.6 is 0 Å². The first-order chi connectivity index (χ1) is 8.74. The van der Waals surface area contributed by atoms with E-state index in [1.807, 2.05) is 49.4 Å². The highest BCUT2D eigenvalue weighted by atomic mass is 16.3. The van der Waals surface area contributed by atoms with Crippen molar-refractivity contribution in [2.75, 3.05) is 11.1 Å². The molecule has 3 rings (SSSR count). The van der Waals surface area contributed by atoms with E-state index in [-0.39, 0.29) is 0 Å². The van der Waals surface area contributed by atoms with Crippen LogP contribution in [0.25, 0.3) is 11.0 Å². The monoisotopic (exact) mass is 238 g/mol. The van der Waals surface area contributed by atoms with Crippen molar-refractivity contribution in [2.45, 2.75) is 6.92 Å². The Kier molecular flexibility index (Phi) is 2.45. The van der Waals surface area contributed by atoms with Crippen molar-refractivity contribution in [3.63, 3.8) is 0 Å². The predicted molar refractivity (Wildman–Crippen MR) is 75.1 cm³/mol. The summed E-state index contributed by atoms with van der Waals surface area (Å²) >= 11 is 0. The Morgan fingerprint density at radius 3 is 2.72 bits per heavy atom. The number of furan rings is 1. The molecule has 90 valence electrons. The summed E-state index contributed by atoms with van der Waals surface area (Å²) in [6, 6.07) is 13.9. The maximum Gasteiger partial charge on any atom is 0.136 e. The van der Waals surface area contributed by atoms with Gasteiger partial charge in [-0.15, -0.1) is 0 Å². The fourth-order valence-corrected chi connectivity index (χ4v) is 2.02. The SMILES string of the molecule is Cc1ccc(Nc2coc3ccccc23)c(N)c1. The zero-order valence-corrected chi connectivity index (χ0v) is 10.1. The van der Waals surface area contributed by atoms with Crippen LogP contribution < -0.4 is 11.1 Å². The lowest BCUT2D eigenvalue weighted by Crippen LogP contribution is -1.95.